The molecule has 37 heavy (non-hydrogen) atoms. The molecule has 11 heteroatoms. The van der Waals surface area contributed by atoms with Crippen LogP contribution in [0.25, 0.3) is 6.08 Å². The summed E-state index contributed by atoms with van der Waals surface area (Å²) in [6.45, 7) is 1.76. The van der Waals surface area contributed by atoms with Crippen LogP contribution < -0.4 is 20.1 Å². The van der Waals surface area contributed by atoms with Crippen molar-refractivity contribution in [1.82, 2.24) is 0 Å². The van der Waals surface area contributed by atoms with Crippen molar-refractivity contribution < 1.29 is 24.2 Å². The van der Waals surface area contributed by atoms with Crippen LogP contribution in [-0.2, 0) is 9.59 Å². The average molecular weight is 605 g/mol. The minimum Gasteiger partial charge on any atom is -0.508 e. The van der Waals surface area contributed by atoms with Crippen LogP contribution in [0.1, 0.15) is 12.5 Å². The number of nitrogens with one attached hydrogen (secondary N) is 2. The Bertz CT molecular complexity index is 1390. The number of hydrogen-bond acceptors (Lipinski definition) is 6. The van der Waals surface area contributed by atoms with E-state index in [0.29, 0.717) is 43.8 Å². The van der Waals surface area contributed by atoms with Crippen LogP contribution in [0.4, 0.5) is 11.4 Å². The van der Waals surface area contributed by atoms with E-state index in [9.17, 15) is 20.0 Å². The van der Waals surface area contributed by atoms with Crippen molar-refractivity contribution >= 4 is 68.4 Å². The highest BCUT2D eigenvalue weighted by Gasteiger charge is 2.16. The van der Waals surface area contributed by atoms with Gasteiger partial charge in [0.15, 0.2) is 18.1 Å². The molecule has 3 rings (SSSR count). The van der Waals surface area contributed by atoms with Crippen molar-refractivity contribution in [2.75, 3.05) is 23.8 Å². The van der Waals surface area contributed by atoms with E-state index >= 15 is 0 Å². The zero-order valence-electron chi connectivity index (χ0n) is 19.3. The lowest BCUT2D eigenvalue weighted by molar-refractivity contribution is -0.118. The minimum atomic E-state index is -0.624. The molecular weight excluding hydrogens is 585 g/mol. The second-order valence-electron chi connectivity index (χ2n) is 7.40. The highest BCUT2D eigenvalue weighted by atomic mass is 79.9. The molecule has 0 bridgehead atoms. The van der Waals surface area contributed by atoms with Gasteiger partial charge < -0.3 is 25.2 Å². The van der Waals surface area contributed by atoms with Crippen LogP contribution in [-0.4, -0.2) is 30.1 Å². The van der Waals surface area contributed by atoms with Crippen LogP contribution >= 0.6 is 39.1 Å². The first-order chi connectivity index (χ1) is 17.7. The number of nitriles is 1. The molecule has 3 aromatic rings. The summed E-state index contributed by atoms with van der Waals surface area (Å²) >= 11 is 15.3. The Morgan fingerprint density at radius 2 is 1.73 bits per heavy atom. The van der Waals surface area contributed by atoms with Crippen molar-refractivity contribution in [2.24, 2.45) is 0 Å². The van der Waals surface area contributed by atoms with Gasteiger partial charge in [0.2, 0.25) is 0 Å². The van der Waals surface area contributed by atoms with Gasteiger partial charge in [-0.15, -0.1) is 0 Å². The van der Waals surface area contributed by atoms with E-state index in [2.05, 4.69) is 26.6 Å². The molecule has 0 unspecified atom stereocenters. The Morgan fingerprint density at radius 3 is 2.38 bits per heavy atom. The van der Waals surface area contributed by atoms with E-state index in [-0.39, 0.29) is 23.7 Å². The number of aromatic hydroxyl groups is 1. The standard InChI is InChI=1S/C26H20BrCl2N3O5/c1-2-36-23-11-15(9-16(13-30)26(35)32-17-3-6-19(33)7-4-17)10-20(27)25(23)37-14-24(34)31-18-5-8-21(28)22(29)12-18/h3-12,33H,2,14H2,1H3,(H,31,34)(H,32,35)/b16-9+. The number of carbonyl (C=O) groups is 2. The van der Waals surface area contributed by atoms with Crippen LogP contribution in [0.15, 0.2) is 64.6 Å². The lowest BCUT2D eigenvalue weighted by Gasteiger charge is -2.15. The average Bonchev–Trinajstić information content (AvgIpc) is 2.85. The molecule has 0 saturated heterocycles. The zero-order valence-corrected chi connectivity index (χ0v) is 22.4. The Balaban J connectivity index is 1.76. The fourth-order valence-electron chi connectivity index (χ4n) is 3.04. The minimum absolute atomic E-state index is 0.0523. The number of nitrogens with zero attached hydrogens (tertiary/aromatic N) is 1. The van der Waals surface area contributed by atoms with E-state index < -0.39 is 11.8 Å². The van der Waals surface area contributed by atoms with Crippen molar-refractivity contribution in [3.8, 4) is 23.3 Å². The van der Waals surface area contributed by atoms with Gasteiger partial charge in [-0.3, -0.25) is 9.59 Å². The number of carbonyl (C=O) groups excluding carboxylic acids is 2. The topological polar surface area (TPSA) is 121 Å². The molecule has 0 spiro atoms. The van der Waals surface area contributed by atoms with Gasteiger partial charge in [0, 0.05) is 11.4 Å². The summed E-state index contributed by atoms with van der Waals surface area (Å²) in [6.07, 6.45) is 1.39. The van der Waals surface area contributed by atoms with Gasteiger partial charge in [0.25, 0.3) is 11.8 Å². The van der Waals surface area contributed by atoms with Gasteiger partial charge >= 0.3 is 0 Å². The third kappa shape index (κ3) is 7.89. The summed E-state index contributed by atoms with van der Waals surface area (Å²) < 4.78 is 11.8. The van der Waals surface area contributed by atoms with Gasteiger partial charge in [0.05, 0.1) is 21.1 Å². The maximum Gasteiger partial charge on any atom is 0.266 e. The molecule has 0 atom stereocenters. The molecule has 0 saturated carbocycles. The summed E-state index contributed by atoms with van der Waals surface area (Å²) in [5.41, 5.74) is 1.21. The van der Waals surface area contributed by atoms with Crippen LogP contribution in [0.3, 0.4) is 0 Å². The number of phenols is 1. The van der Waals surface area contributed by atoms with Crippen molar-refractivity contribution in [3.05, 3.63) is 80.3 Å². The molecule has 0 heterocycles. The van der Waals surface area contributed by atoms with E-state index in [1.165, 1.54) is 36.4 Å². The van der Waals surface area contributed by atoms with Gasteiger partial charge in [-0.05, 0) is 89.1 Å². The first-order valence-corrected chi connectivity index (χ1v) is 12.3. The first-order valence-electron chi connectivity index (χ1n) is 10.8. The van der Waals surface area contributed by atoms with Gasteiger partial charge in [-0.2, -0.15) is 5.26 Å². The summed E-state index contributed by atoms with van der Waals surface area (Å²) in [5, 5.41) is 24.8. The van der Waals surface area contributed by atoms with E-state index in [1.54, 1.807) is 31.2 Å². The van der Waals surface area contributed by atoms with Crippen molar-refractivity contribution in [1.29, 1.82) is 5.26 Å². The van der Waals surface area contributed by atoms with Crippen LogP contribution in [0.2, 0.25) is 10.0 Å². The van der Waals surface area contributed by atoms with Gasteiger partial charge in [0.1, 0.15) is 17.4 Å². The largest absolute Gasteiger partial charge is 0.508 e. The fourth-order valence-corrected chi connectivity index (χ4v) is 3.91. The van der Waals surface area contributed by atoms with Crippen LogP contribution in [0.5, 0.6) is 17.2 Å². The molecule has 0 aliphatic carbocycles. The molecule has 190 valence electrons. The molecule has 8 nitrogen and oxygen atoms in total. The highest BCUT2D eigenvalue weighted by Crippen LogP contribution is 2.37. The predicted octanol–water partition coefficient (Wildman–Crippen LogP) is 6.42. The third-order valence-corrected chi connectivity index (χ3v) is 6.01. The van der Waals surface area contributed by atoms with E-state index in [4.69, 9.17) is 32.7 Å². The van der Waals surface area contributed by atoms with Crippen molar-refractivity contribution in [2.45, 2.75) is 6.92 Å². The molecule has 0 aliphatic rings. The maximum atomic E-state index is 12.6. The monoisotopic (exact) mass is 603 g/mol. The normalized spacial score (nSPS) is 10.8. The summed E-state index contributed by atoms with van der Waals surface area (Å²) in [4.78, 5) is 25.0. The molecule has 0 fully saturated rings. The Labute approximate surface area is 231 Å². The molecular formula is C26H20BrCl2N3O5. The lowest BCUT2D eigenvalue weighted by atomic mass is 10.1. The number of rotatable bonds is 9. The quantitative estimate of drug-likeness (QED) is 0.147. The molecule has 0 aliphatic heterocycles. The smallest absolute Gasteiger partial charge is 0.266 e. The molecule has 0 aromatic heterocycles. The van der Waals surface area contributed by atoms with E-state index in [0.717, 1.165) is 0 Å². The predicted molar refractivity (Wildman–Crippen MR) is 146 cm³/mol. The van der Waals surface area contributed by atoms with Gasteiger partial charge in [-0.1, -0.05) is 23.2 Å². The molecule has 3 N–H and O–H groups in total. The maximum absolute atomic E-state index is 12.6. The van der Waals surface area contributed by atoms with Crippen LogP contribution in [0, 0.1) is 11.3 Å². The number of hydrogen-bond donors (Lipinski definition) is 3. The SMILES string of the molecule is CCOc1cc(/C=C(\C#N)C(=O)Nc2ccc(O)cc2)cc(Br)c1OCC(=O)Nc1ccc(Cl)c(Cl)c1. The number of halogens is 3. The second kappa shape index (κ2) is 13.0. The number of amides is 2. The number of benzene rings is 3. The Kier molecular flexibility index (Phi) is 9.80. The Morgan fingerprint density at radius 1 is 1.03 bits per heavy atom. The van der Waals surface area contributed by atoms with Gasteiger partial charge in [-0.25, -0.2) is 0 Å². The molecule has 2 amide bonds. The number of anilines is 2. The fraction of sp³-hybridized carbons (Fsp3) is 0.115. The molecule has 3 aromatic carbocycles. The number of phenolic OH excluding ortho intramolecular Hbond substituents is 1. The lowest BCUT2D eigenvalue weighted by Crippen LogP contribution is -2.20. The third-order valence-electron chi connectivity index (χ3n) is 4.68. The highest BCUT2D eigenvalue weighted by molar-refractivity contribution is 9.10. The zero-order chi connectivity index (χ0) is 26.9. The molecule has 0 radical (unpaired) electrons. The summed E-state index contributed by atoms with van der Waals surface area (Å²) in [6, 6.07) is 15.6. The van der Waals surface area contributed by atoms with E-state index in [1.807, 2.05) is 6.07 Å². The second-order valence-corrected chi connectivity index (χ2v) is 9.07. The summed E-state index contributed by atoms with van der Waals surface area (Å²) in [7, 11) is 0. The summed E-state index contributed by atoms with van der Waals surface area (Å²) in [5.74, 6) is -0.426. The number of ether oxygens (including phenoxy) is 2. The van der Waals surface area contributed by atoms with Crippen molar-refractivity contribution in [3.63, 3.8) is 0 Å². The first kappa shape index (κ1) is 27.9. The Hall–Kier alpha value is -3.71.